The minimum Gasteiger partial charge on any atom is -0.462 e. The van der Waals surface area contributed by atoms with E-state index in [1.54, 1.807) is 0 Å². The van der Waals surface area contributed by atoms with Crippen molar-refractivity contribution in [3.8, 4) is 0 Å². The van der Waals surface area contributed by atoms with Crippen LogP contribution in [-0.4, -0.2) is 43.3 Å². The number of phosphoric acid groups is 1. The van der Waals surface area contributed by atoms with Gasteiger partial charge in [-0.25, -0.2) is 4.57 Å². The zero-order valence-corrected chi connectivity index (χ0v) is 30.4. The summed E-state index contributed by atoms with van der Waals surface area (Å²) < 4.78 is 31.8. The molecule has 0 aliphatic rings. The lowest BCUT2D eigenvalue weighted by molar-refractivity contribution is -0.161. The van der Waals surface area contributed by atoms with Crippen LogP contribution in [0.1, 0.15) is 194 Å². The minimum absolute atomic E-state index is 0.217. The quantitative estimate of drug-likeness (QED) is 0.0406. The molecule has 0 rings (SSSR count). The van der Waals surface area contributed by atoms with Gasteiger partial charge < -0.3 is 14.4 Å². The van der Waals surface area contributed by atoms with Gasteiger partial charge in [0.2, 0.25) is 0 Å². The van der Waals surface area contributed by atoms with Gasteiger partial charge in [0.05, 0.1) is 6.61 Å². The first-order valence-corrected chi connectivity index (χ1v) is 20.2. The summed E-state index contributed by atoms with van der Waals surface area (Å²) in [4.78, 5) is 34.3. The maximum absolute atomic E-state index is 12.4. The number of rotatable bonds is 35. The molecule has 9 heteroatoms. The number of unbranched alkanes of at least 4 members (excludes halogenated alkanes) is 24. The van der Waals surface area contributed by atoms with Gasteiger partial charge >= 0.3 is 19.8 Å². The summed E-state index contributed by atoms with van der Waals surface area (Å²) in [6.45, 7) is 3.89. The molecule has 0 fully saturated rings. The molecule has 0 amide bonds. The van der Waals surface area contributed by atoms with Crippen LogP contribution in [0.2, 0.25) is 0 Å². The van der Waals surface area contributed by atoms with Crippen LogP contribution in [-0.2, 0) is 32.7 Å². The van der Waals surface area contributed by atoms with Gasteiger partial charge in [0.25, 0.3) is 0 Å². The van der Waals surface area contributed by atoms with Gasteiger partial charge in [-0.1, -0.05) is 168 Å². The number of phosphoric ester groups is 1. The average molecular weight is 663 g/mol. The van der Waals surface area contributed by atoms with Crippen LogP contribution in [0.4, 0.5) is 0 Å². The summed E-state index contributed by atoms with van der Waals surface area (Å²) in [5.74, 6) is -0.793. The van der Waals surface area contributed by atoms with Crippen LogP contribution < -0.4 is 0 Å². The molecule has 0 aliphatic heterocycles. The Hall–Kier alpha value is -0.950. The first-order chi connectivity index (χ1) is 21.8. The number of ether oxygens (including phenoxy) is 2. The van der Waals surface area contributed by atoms with E-state index in [9.17, 15) is 19.0 Å². The molecule has 2 unspecified atom stereocenters. The Labute approximate surface area is 277 Å². The standard InChI is InChI=1S/C36H71O8P/c1-4-6-8-10-12-14-16-18-20-22-24-26-28-30-35(37)42-32-34(33-43-45(39,40)41-3)44-36(38)31-29-27-25-23-21-19-17-15-13-11-9-7-5-2/h34H,4-33H2,1-3H3,(H,39,40). The number of esters is 2. The van der Waals surface area contributed by atoms with E-state index in [1.165, 1.54) is 128 Å². The lowest BCUT2D eigenvalue weighted by Gasteiger charge is -2.19. The first-order valence-electron chi connectivity index (χ1n) is 18.7. The van der Waals surface area contributed by atoms with Crippen molar-refractivity contribution in [2.45, 2.75) is 200 Å². The Bertz CT molecular complexity index is 717. The van der Waals surface area contributed by atoms with E-state index >= 15 is 0 Å². The highest BCUT2D eigenvalue weighted by molar-refractivity contribution is 7.47. The average Bonchev–Trinajstić information content (AvgIpc) is 3.03. The highest BCUT2D eigenvalue weighted by Crippen LogP contribution is 2.42. The fourth-order valence-electron chi connectivity index (χ4n) is 5.42. The van der Waals surface area contributed by atoms with Gasteiger partial charge in [0.1, 0.15) is 6.61 Å². The number of hydrogen-bond donors (Lipinski definition) is 1. The molecule has 2 atom stereocenters. The minimum atomic E-state index is -4.24. The molecule has 0 saturated heterocycles. The number of carbonyl (C=O) groups is 2. The third-order valence-corrected chi connectivity index (χ3v) is 9.29. The fourth-order valence-corrected chi connectivity index (χ4v) is 5.88. The second-order valence-electron chi connectivity index (χ2n) is 12.7. The molecule has 0 aromatic heterocycles. The van der Waals surface area contributed by atoms with Crippen LogP contribution in [0.5, 0.6) is 0 Å². The van der Waals surface area contributed by atoms with Crippen molar-refractivity contribution in [2.24, 2.45) is 0 Å². The van der Waals surface area contributed by atoms with Crippen molar-refractivity contribution in [2.75, 3.05) is 20.3 Å². The summed E-state index contributed by atoms with van der Waals surface area (Å²) in [5, 5.41) is 0. The lowest BCUT2D eigenvalue weighted by Crippen LogP contribution is -2.29. The molecular weight excluding hydrogens is 591 g/mol. The van der Waals surface area contributed by atoms with Crippen molar-refractivity contribution in [1.82, 2.24) is 0 Å². The van der Waals surface area contributed by atoms with Crippen molar-refractivity contribution in [3.05, 3.63) is 0 Å². The van der Waals surface area contributed by atoms with Gasteiger partial charge in [-0.05, 0) is 12.8 Å². The largest absolute Gasteiger partial charge is 0.472 e. The molecule has 0 spiro atoms. The van der Waals surface area contributed by atoms with Gasteiger partial charge in [-0.15, -0.1) is 0 Å². The van der Waals surface area contributed by atoms with Gasteiger partial charge in [-0.2, -0.15) is 0 Å². The monoisotopic (exact) mass is 662 g/mol. The van der Waals surface area contributed by atoms with Gasteiger partial charge in [-0.3, -0.25) is 18.6 Å². The molecular formula is C36H71O8P. The van der Waals surface area contributed by atoms with Crippen LogP contribution in [0.25, 0.3) is 0 Å². The highest BCUT2D eigenvalue weighted by Gasteiger charge is 2.24. The Morgan fingerprint density at radius 3 is 1.22 bits per heavy atom. The van der Waals surface area contributed by atoms with E-state index in [2.05, 4.69) is 18.4 Å². The van der Waals surface area contributed by atoms with Crippen molar-refractivity contribution in [3.63, 3.8) is 0 Å². The summed E-state index contributed by atoms with van der Waals surface area (Å²) in [6, 6.07) is 0. The van der Waals surface area contributed by atoms with E-state index in [0.29, 0.717) is 6.42 Å². The smallest absolute Gasteiger partial charge is 0.462 e. The Morgan fingerprint density at radius 2 is 0.867 bits per heavy atom. The van der Waals surface area contributed by atoms with Crippen LogP contribution in [0, 0.1) is 0 Å². The summed E-state index contributed by atoms with van der Waals surface area (Å²) in [7, 11) is -3.18. The predicted octanol–water partition coefficient (Wildman–Crippen LogP) is 11.2. The van der Waals surface area contributed by atoms with Crippen molar-refractivity contribution < 1.29 is 37.6 Å². The number of hydrogen-bond acceptors (Lipinski definition) is 7. The van der Waals surface area contributed by atoms with E-state index in [4.69, 9.17) is 14.0 Å². The lowest BCUT2D eigenvalue weighted by atomic mass is 10.0. The normalized spacial score (nSPS) is 13.4. The Morgan fingerprint density at radius 1 is 0.533 bits per heavy atom. The van der Waals surface area contributed by atoms with E-state index in [1.807, 2.05) is 0 Å². The molecule has 45 heavy (non-hydrogen) atoms. The second kappa shape index (κ2) is 33.0. The van der Waals surface area contributed by atoms with E-state index in [0.717, 1.165) is 45.6 Å². The first kappa shape index (κ1) is 44.0. The molecule has 0 bridgehead atoms. The van der Waals surface area contributed by atoms with Crippen LogP contribution in [0.3, 0.4) is 0 Å². The number of carbonyl (C=O) groups excluding carboxylic acids is 2. The molecule has 1 N–H and O–H groups in total. The van der Waals surface area contributed by atoms with Crippen LogP contribution in [0.15, 0.2) is 0 Å². The van der Waals surface area contributed by atoms with Gasteiger partial charge in [0.15, 0.2) is 6.10 Å². The molecule has 0 aromatic carbocycles. The topological polar surface area (TPSA) is 108 Å². The fraction of sp³-hybridized carbons (Fsp3) is 0.944. The Balaban J connectivity index is 4.03. The third-order valence-electron chi connectivity index (χ3n) is 8.35. The molecule has 0 aromatic rings. The highest BCUT2D eigenvalue weighted by atomic mass is 31.2. The summed E-state index contributed by atoms with van der Waals surface area (Å²) in [5.41, 5.74) is 0. The SMILES string of the molecule is CCCCCCCCCCCCCCCC(=O)OCC(COP(=O)(O)OC)OC(=O)CCCCCCCCCCCCCCC. The third kappa shape index (κ3) is 32.8. The zero-order valence-electron chi connectivity index (χ0n) is 29.5. The van der Waals surface area contributed by atoms with Crippen molar-refractivity contribution >= 4 is 19.8 Å². The van der Waals surface area contributed by atoms with Gasteiger partial charge in [0, 0.05) is 20.0 Å². The predicted molar refractivity (Wildman–Crippen MR) is 184 cm³/mol. The summed E-state index contributed by atoms with van der Waals surface area (Å²) in [6.07, 6.45) is 31.5. The molecule has 0 saturated carbocycles. The zero-order chi connectivity index (χ0) is 33.3. The van der Waals surface area contributed by atoms with Crippen LogP contribution >= 0.6 is 7.82 Å². The maximum Gasteiger partial charge on any atom is 0.472 e. The maximum atomic E-state index is 12.4. The molecule has 0 aliphatic carbocycles. The van der Waals surface area contributed by atoms with E-state index < -0.39 is 26.5 Å². The Kier molecular flexibility index (Phi) is 32.3. The van der Waals surface area contributed by atoms with E-state index in [-0.39, 0.29) is 19.0 Å². The molecule has 268 valence electrons. The van der Waals surface area contributed by atoms with Crippen molar-refractivity contribution in [1.29, 1.82) is 0 Å². The summed E-state index contributed by atoms with van der Waals surface area (Å²) >= 11 is 0. The molecule has 8 nitrogen and oxygen atoms in total. The second-order valence-corrected chi connectivity index (χ2v) is 14.3. The molecule has 0 radical (unpaired) electrons. The molecule has 0 heterocycles.